The second-order valence-electron chi connectivity index (χ2n) is 4.24. The summed E-state index contributed by atoms with van der Waals surface area (Å²) in [5.74, 6) is 0.824. The van der Waals surface area contributed by atoms with Crippen LogP contribution in [0.5, 0.6) is 0 Å². The number of pyridine rings is 1. The van der Waals surface area contributed by atoms with E-state index in [1.54, 1.807) is 34.4 Å². The molecule has 0 fully saturated rings. The summed E-state index contributed by atoms with van der Waals surface area (Å²) in [7, 11) is 0. The Morgan fingerprint density at radius 2 is 2.14 bits per heavy atom. The SMILES string of the molecule is c1ccc(CSc2nnc(NCCc3cccs3)s2)nc1. The first kappa shape index (κ1) is 14.5. The minimum absolute atomic E-state index is 0.824. The van der Waals surface area contributed by atoms with Gasteiger partial charge >= 0.3 is 0 Å². The fraction of sp³-hybridized carbons (Fsp3) is 0.214. The molecule has 0 aliphatic carbocycles. The summed E-state index contributed by atoms with van der Waals surface area (Å²) in [5, 5.41) is 14.7. The van der Waals surface area contributed by atoms with Crippen molar-refractivity contribution in [3.8, 4) is 0 Å². The van der Waals surface area contributed by atoms with Crippen LogP contribution in [0.25, 0.3) is 0 Å². The predicted molar refractivity (Wildman–Crippen MR) is 90.2 cm³/mol. The Labute approximate surface area is 135 Å². The second kappa shape index (κ2) is 7.53. The van der Waals surface area contributed by atoms with E-state index < -0.39 is 0 Å². The molecule has 0 bridgehead atoms. The second-order valence-corrected chi connectivity index (χ2v) is 7.47. The molecule has 0 radical (unpaired) electrons. The van der Waals surface area contributed by atoms with E-state index in [0.29, 0.717) is 0 Å². The molecule has 3 aromatic heterocycles. The number of anilines is 1. The summed E-state index contributed by atoms with van der Waals surface area (Å²) in [5.41, 5.74) is 1.06. The van der Waals surface area contributed by atoms with Gasteiger partial charge in [-0.2, -0.15) is 0 Å². The van der Waals surface area contributed by atoms with Gasteiger partial charge in [0.15, 0.2) is 4.34 Å². The molecule has 21 heavy (non-hydrogen) atoms. The maximum atomic E-state index is 4.30. The molecule has 0 saturated carbocycles. The van der Waals surface area contributed by atoms with Gasteiger partial charge in [0.1, 0.15) is 0 Å². The maximum absolute atomic E-state index is 4.30. The topological polar surface area (TPSA) is 50.7 Å². The highest BCUT2D eigenvalue weighted by molar-refractivity contribution is 8.00. The van der Waals surface area contributed by atoms with Gasteiger partial charge in [0.05, 0.1) is 5.69 Å². The highest BCUT2D eigenvalue weighted by atomic mass is 32.2. The number of hydrogen-bond acceptors (Lipinski definition) is 7. The molecule has 108 valence electrons. The number of nitrogens with one attached hydrogen (secondary N) is 1. The van der Waals surface area contributed by atoms with Crippen molar-refractivity contribution in [1.29, 1.82) is 0 Å². The van der Waals surface area contributed by atoms with Crippen molar-refractivity contribution in [2.75, 3.05) is 11.9 Å². The summed E-state index contributed by atoms with van der Waals surface area (Å²) in [6, 6.07) is 10.2. The largest absolute Gasteiger partial charge is 0.360 e. The first-order chi connectivity index (χ1) is 10.4. The van der Waals surface area contributed by atoms with E-state index in [9.17, 15) is 0 Å². The van der Waals surface area contributed by atoms with Crippen LogP contribution in [0, 0.1) is 0 Å². The number of nitrogens with zero attached hydrogens (tertiary/aromatic N) is 3. The molecule has 0 amide bonds. The fourth-order valence-electron chi connectivity index (χ4n) is 1.71. The number of thioether (sulfide) groups is 1. The van der Waals surface area contributed by atoms with Gasteiger partial charge in [-0.25, -0.2) is 0 Å². The van der Waals surface area contributed by atoms with Crippen LogP contribution in [0.1, 0.15) is 10.6 Å². The van der Waals surface area contributed by atoms with Crippen LogP contribution in [-0.4, -0.2) is 21.7 Å². The summed E-state index contributed by atoms with van der Waals surface area (Å²) in [6.45, 7) is 0.889. The average Bonchev–Trinajstić information content (AvgIpc) is 3.18. The van der Waals surface area contributed by atoms with Crippen LogP contribution in [0.4, 0.5) is 5.13 Å². The molecule has 0 aliphatic heterocycles. The molecule has 7 heteroatoms. The fourth-order valence-corrected chi connectivity index (χ4v) is 4.11. The number of hydrogen-bond donors (Lipinski definition) is 1. The van der Waals surface area contributed by atoms with Gasteiger partial charge in [0.2, 0.25) is 5.13 Å². The summed E-state index contributed by atoms with van der Waals surface area (Å²) < 4.78 is 0.972. The maximum Gasteiger partial charge on any atom is 0.206 e. The van der Waals surface area contributed by atoms with Crippen LogP contribution in [0.15, 0.2) is 46.2 Å². The lowest BCUT2D eigenvalue weighted by Gasteiger charge is -1.99. The van der Waals surface area contributed by atoms with Crippen LogP contribution >= 0.6 is 34.4 Å². The molecule has 4 nitrogen and oxygen atoms in total. The lowest BCUT2D eigenvalue weighted by Crippen LogP contribution is -2.03. The van der Waals surface area contributed by atoms with Crippen LogP contribution in [0.3, 0.4) is 0 Å². The zero-order chi connectivity index (χ0) is 14.3. The zero-order valence-corrected chi connectivity index (χ0v) is 13.7. The van der Waals surface area contributed by atoms with E-state index >= 15 is 0 Å². The van der Waals surface area contributed by atoms with Crippen LogP contribution < -0.4 is 5.32 Å². The molecule has 0 unspecified atom stereocenters. The van der Waals surface area contributed by atoms with Crippen molar-refractivity contribution in [3.63, 3.8) is 0 Å². The first-order valence-corrected chi connectivity index (χ1v) is 9.21. The molecule has 1 N–H and O–H groups in total. The Hall–Kier alpha value is -1.44. The van der Waals surface area contributed by atoms with Gasteiger partial charge in [-0.15, -0.1) is 21.5 Å². The Morgan fingerprint density at radius 3 is 2.95 bits per heavy atom. The monoisotopic (exact) mass is 334 g/mol. The van der Waals surface area contributed by atoms with Gasteiger partial charge in [0, 0.05) is 23.4 Å². The normalized spacial score (nSPS) is 10.7. The number of rotatable bonds is 7. The van der Waals surface area contributed by atoms with E-state index in [4.69, 9.17) is 0 Å². The molecule has 0 aromatic carbocycles. The first-order valence-electron chi connectivity index (χ1n) is 6.52. The molecule has 0 spiro atoms. The molecule has 3 rings (SSSR count). The Balaban J connectivity index is 1.45. The molecular weight excluding hydrogens is 320 g/mol. The quantitative estimate of drug-likeness (QED) is 0.663. The minimum Gasteiger partial charge on any atom is -0.360 e. The molecule has 3 heterocycles. The third kappa shape index (κ3) is 4.52. The standard InChI is InChI=1S/C14H14N4S3/c1-2-7-15-11(4-1)10-20-14-18-17-13(21-14)16-8-6-12-5-3-9-19-12/h1-5,7,9H,6,8,10H2,(H,16,17). The number of thiophene rings is 1. The van der Waals surface area contributed by atoms with Crippen molar-refractivity contribution < 1.29 is 0 Å². The summed E-state index contributed by atoms with van der Waals surface area (Å²) in [4.78, 5) is 5.69. The smallest absolute Gasteiger partial charge is 0.206 e. The molecule has 0 atom stereocenters. The molecule has 0 saturated heterocycles. The highest BCUT2D eigenvalue weighted by Crippen LogP contribution is 2.27. The highest BCUT2D eigenvalue weighted by Gasteiger charge is 2.05. The van der Waals surface area contributed by atoms with Gasteiger partial charge in [-0.05, 0) is 30.0 Å². The predicted octanol–water partition coefficient (Wildman–Crippen LogP) is 3.94. The van der Waals surface area contributed by atoms with E-state index in [1.165, 1.54) is 4.88 Å². The zero-order valence-electron chi connectivity index (χ0n) is 11.2. The van der Waals surface area contributed by atoms with E-state index in [-0.39, 0.29) is 0 Å². The summed E-state index contributed by atoms with van der Waals surface area (Å²) >= 11 is 5.05. The Bertz CT molecular complexity index is 652. The minimum atomic E-state index is 0.824. The van der Waals surface area contributed by atoms with E-state index in [1.807, 2.05) is 24.4 Å². The molecule has 0 aliphatic rings. The lowest BCUT2D eigenvalue weighted by molar-refractivity contribution is 0.979. The average molecular weight is 334 g/mol. The van der Waals surface area contributed by atoms with Crippen molar-refractivity contribution in [3.05, 3.63) is 52.5 Å². The third-order valence-electron chi connectivity index (χ3n) is 2.70. The summed E-state index contributed by atoms with van der Waals surface area (Å²) in [6.07, 6.45) is 2.83. The van der Waals surface area contributed by atoms with Crippen molar-refractivity contribution in [1.82, 2.24) is 15.2 Å². The van der Waals surface area contributed by atoms with E-state index in [2.05, 4.69) is 38.0 Å². The Kier molecular flexibility index (Phi) is 5.20. The van der Waals surface area contributed by atoms with Crippen molar-refractivity contribution in [2.24, 2.45) is 0 Å². The van der Waals surface area contributed by atoms with Crippen molar-refractivity contribution >= 4 is 39.6 Å². The molecular formula is C14H14N4S3. The van der Waals surface area contributed by atoms with Crippen molar-refractivity contribution in [2.45, 2.75) is 16.5 Å². The lowest BCUT2D eigenvalue weighted by atomic mass is 10.3. The van der Waals surface area contributed by atoms with Gasteiger partial charge < -0.3 is 5.32 Å². The third-order valence-corrected chi connectivity index (χ3v) is 5.69. The van der Waals surface area contributed by atoms with Gasteiger partial charge in [-0.1, -0.05) is 35.2 Å². The van der Waals surface area contributed by atoms with Crippen LogP contribution in [0.2, 0.25) is 0 Å². The van der Waals surface area contributed by atoms with Crippen LogP contribution in [-0.2, 0) is 12.2 Å². The van der Waals surface area contributed by atoms with Gasteiger partial charge in [0.25, 0.3) is 0 Å². The van der Waals surface area contributed by atoms with Gasteiger partial charge in [-0.3, -0.25) is 4.98 Å². The number of aromatic nitrogens is 3. The van der Waals surface area contributed by atoms with E-state index in [0.717, 1.165) is 33.9 Å². The Morgan fingerprint density at radius 1 is 1.14 bits per heavy atom. The molecule has 3 aromatic rings.